The van der Waals surface area contributed by atoms with Gasteiger partial charge in [-0.1, -0.05) is 25.7 Å². The Morgan fingerprint density at radius 3 is 2.72 bits per heavy atom. The second-order valence-corrected chi connectivity index (χ2v) is 5.70. The van der Waals surface area contributed by atoms with Crippen LogP contribution in [0.25, 0.3) is 0 Å². The second-order valence-electron chi connectivity index (χ2n) is 5.70. The van der Waals surface area contributed by atoms with Gasteiger partial charge in [0.15, 0.2) is 0 Å². The lowest BCUT2D eigenvalue weighted by molar-refractivity contribution is 0.157. The predicted molar refractivity (Wildman–Crippen MR) is 71.4 cm³/mol. The first-order valence-electron chi connectivity index (χ1n) is 7.46. The van der Waals surface area contributed by atoms with Crippen molar-refractivity contribution in [3.8, 4) is 0 Å². The van der Waals surface area contributed by atoms with Crippen LogP contribution in [0.15, 0.2) is 0 Å². The van der Waals surface area contributed by atoms with Gasteiger partial charge in [0.05, 0.1) is 12.6 Å². The van der Waals surface area contributed by atoms with Gasteiger partial charge in [0, 0.05) is 13.1 Å². The molecule has 0 aromatic heterocycles. The normalized spacial score (nSPS) is 24.7. The van der Waals surface area contributed by atoms with E-state index in [1.54, 1.807) is 4.90 Å². The number of hydrogen-bond acceptors (Lipinski definition) is 2. The first-order valence-corrected chi connectivity index (χ1v) is 7.46. The van der Waals surface area contributed by atoms with Gasteiger partial charge in [0.25, 0.3) is 0 Å². The minimum absolute atomic E-state index is 0.0120. The molecule has 1 aliphatic carbocycles. The molecule has 0 radical (unpaired) electrons. The summed E-state index contributed by atoms with van der Waals surface area (Å²) in [5, 5.41) is 12.2. The summed E-state index contributed by atoms with van der Waals surface area (Å²) in [6.07, 6.45) is 9.84. The molecule has 1 saturated heterocycles. The Hall–Kier alpha value is -0.770. The molecule has 1 unspecified atom stereocenters. The molecule has 0 spiro atoms. The van der Waals surface area contributed by atoms with Crippen LogP contribution in [0.1, 0.15) is 51.4 Å². The van der Waals surface area contributed by atoms with E-state index >= 15 is 0 Å². The van der Waals surface area contributed by atoms with Crippen molar-refractivity contribution < 1.29 is 9.90 Å². The monoisotopic (exact) mass is 254 g/mol. The summed E-state index contributed by atoms with van der Waals surface area (Å²) in [7, 11) is 0. The summed E-state index contributed by atoms with van der Waals surface area (Å²) in [5.74, 6) is 0.902. The summed E-state index contributed by atoms with van der Waals surface area (Å²) >= 11 is 0. The van der Waals surface area contributed by atoms with Gasteiger partial charge in [0.1, 0.15) is 0 Å². The Morgan fingerprint density at radius 1 is 1.22 bits per heavy atom. The molecule has 0 aromatic rings. The van der Waals surface area contributed by atoms with Crippen LogP contribution in [0.3, 0.4) is 0 Å². The molecule has 0 aromatic carbocycles. The average Bonchev–Trinajstić information content (AvgIpc) is 3.04. The van der Waals surface area contributed by atoms with E-state index in [1.165, 1.54) is 32.1 Å². The van der Waals surface area contributed by atoms with Crippen LogP contribution in [0.5, 0.6) is 0 Å². The lowest BCUT2D eigenvalue weighted by atomic mass is 10.0. The molecule has 1 saturated carbocycles. The Bertz CT molecular complexity index is 265. The first kappa shape index (κ1) is 13.7. The maximum atomic E-state index is 11.9. The van der Waals surface area contributed by atoms with Crippen LogP contribution in [0.4, 0.5) is 4.79 Å². The van der Waals surface area contributed by atoms with E-state index in [0.29, 0.717) is 0 Å². The molecule has 2 aliphatic rings. The lowest BCUT2D eigenvalue weighted by Gasteiger charge is -2.23. The third-order valence-corrected chi connectivity index (χ3v) is 4.39. The van der Waals surface area contributed by atoms with E-state index < -0.39 is 0 Å². The number of rotatable bonds is 5. The molecule has 4 nitrogen and oxygen atoms in total. The van der Waals surface area contributed by atoms with Gasteiger partial charge < -0.3 is 15.3 Å². The molecule has 2 amide bonds. The van der Waals surface area contributed by atoms with Gasteiger partial charge in [-0.15, -0.1) is 0 Å². The molecule has 18 heavy (non-hydrogen) atoms. The smallest absolute Gasteiger partial charge is 0.317 e. The van der Waals surface area contributed by atoms with Crippen molar-refractivity contribution >= 4 is 6.03 Å². The first-order chi connectivity index (χ1) is 8.81. The van der Waals surface area contributed by atoms with Gasteiger partial charge in [0.2, 0.25) is 0 Å². The summed E-state index contributed by atoms with van der Waals surface area (Å²) in [4.78, 5) is 13.7. The highest BCUT2D eigenvalue weighted by molar-refractivity contribution is 5.74. The number of amides is 2. The molecular weight excluding hydrogens is 228 g/mol. The summed E-state index contributed by atoms with van der Waals surface area (Å²) in [5.41, 5.74) is 0. The molecule has 2 fully saturated rings. The molecule has 2 rings (SSSR count). The lowest BCUT2D eigenvalue weighted by Crippen LogP contribution is -2.44. The molecule has 0 bridgehead atoms. The highest BCUT2D eigenvalue weighted by Crippen LogP contribution is 2.28. The summed E-state index contributed by atoms with van der Waals surface area (Å²) in [6.45, 7) is 1.67. The SMILES string of the molecule is O=C(NCCCC1CCCC1)N1CCCC1CO. The number of hydrogen-bond donors (Lipinski definition) is 2. The Morgan fingerprint density at radius 2 is 2.00 bits per heavy atom. The van der Waals surface area contributed by atoms with Crippen LogP contribution >= 0.6 is 0 Å². The molecule has 2 N–H and O–H groups in total. The maximum Gasteiger partial charge on any atom is 0.317 e. The molecular formula is C14H26N2O2. The second kappa shape index (κ2) is 6.98. The Labute approximate surface area is 110 Å². The minimum Gasteiger partial charge on any atom is -0.394 e. The number of carbonyl (C=O) groups excluding carboxylic acids is 1. The van der Waals surface area contributed by atoms with Gasteiger partial charge in [-0.2, -0.15) is 0 Å². The van der Waals surface area contributed by atoms with Crippen molar-refractivity contribution in [1.29, 1.82) is 0 Å². The van der Waals surface area contributed by atoms with Crippen molar-refractivity contribution in [3.63, 3.8) is 0 Å². The largest absolute Gasteiger partial charge is 0.394 e. The molecule has 104 valence electrons. The summed E-state index contributed by atoms with van der Waals surface area (Å²) in [6, 6.07) is 0.0535. The van der Waals surface area contributed by atoms with E-state index in [1.807, 2.05) is 0 Å². The fraction of sp³-hybridized carbons (Fsp3) is 0.929. The Balaban J connectivity index is 1.59. The maximum absolute atomic E-state index is 11.9. The van der Waals surface area contributed by atoms with Crippen LogP contribution < -0.4 is 5.32 Å². The fourth-order valence-corrected chi connectivity index (χ4v) is 3.28. The zero-order valence-corrected chi connectivity index (χ0v) is 11.2. The van der Waals surface area contributed by atoms with Crippen LogP contribution in [-0.4, -0.2) is 41.8 Å². The average molecular weight is 254 g/mol. The van der Waals surface area contributed by atoms with Crippen LogP contribution in [-0.2, 0) is 0 Å². The zero-order valence-electron chi connectivity index (χ0n) is 11.2. The van der Waals surface area contributed by atoms with Crippen LogP contribution in [0.2, 0.25) is 0 Å². The standard InChI is InChI=1S/C14H26N2O2/c17-11-13-8-4-10-16(13)14(18)15-9-3-7-12-5-1-2-6-12/h12-13,17H,1-11H2,(H,15,18). The quantitative estimate of drug-likeness (QED) is 0.738. The van der Waals surface area contributed by atoms with E-state index in [9.17, 15) is 9.90 Å². The number of urea groups is 1. The van der Waals surface area contributed by atoms with Crippen molar-refractivity contribution in [2.75, 3.05) is 19.7 Å². The number of aliphatic hydroxyl groups excluding tert-OH is 1. The number of nitrogens with zero attached hydrogens (tertiary/aromatic N) is 1. The number of aliphatic hydroxyl groups is 1. The van der Waals surface area contributed by atoms with E-state index in [-0.39, 0.29) is 18.7 Å². The van der Waals surface area contributed by atoms with Crippen molar-refractivity contribution in [2.24, 2.45) is 5.92 Å². The Kier molecular flexibility index (Phi) is 5.29. The zero-order chi connectivity index (χ0) is 12.8. The van der Waals surface area contributed by atoms with Crippen molar-refractivity contribution in [3.05, 3.63) is 0 Å². The van der Waals surface area contributed by atoms with Gasteiger partial charge in [-0.05, 0) is 31.6 Å². The number of nitrogens with one attached hydrogen (secondary N) is 1. The predicted octanol–water partition coefficient (Wildman–Crippen LogP) is 2.12. The molecule has 4 heteroatoms. The van der Waals surface area contributed by atoms with E-state index in [4.69, 9.17) is 0 Å². The topological polar surface area (TPSA) is 52.6 Å². The van der Waals surface area contributed by atoms with Gasteiger partial charge >= 0.3 is 6.03 Å². The summed E-state index contributed by atoms with van der Waals surface area (Å²) < 4.78 is 0. The van der Waals surface area contributed by atoms with E-state index in [2.05, 4.69) is 5.32 Å². The molecule has 1 heterocycles. The molecule has 1 atom stereocenters. The van der Waals surface area contributed by atoms with Crippen molar-refractivity contribution in [2.45, 2.75) is 57.4 Å². The van der Waals surface area contributed by atoms with Crippen molar-refractivity contribution in [1.82, 2.24) is 10.2 Å². The van der Waals surface area contributed by atoms with Gasteiger partial charge in [-0.3, -0.25) is 0 Å². The number of carbonyl (C=O) groups is 1. The third-order valence-electron chi connectivity index (χ3n) is 4.39. The van der Waals surface area contributed by atoms with Crippen LogP contribution in [0, 0.1) is 5.92 Å². The highest BCUT2D eigenvalue weighted by atomic mass is 16.3. The van der Waals surface area contributed by atoms with Gasteiger partial charge in [-0.25, -0.2) is 4.79 Å². The minimum atomic E-state index is 0.0120. The third kappa shape index (κ3) is 3.61. The van der Waals surface area contributed by atoms with E-state index in [0.717, 1.165) is 38.3 Å². The fourth-order valence-electron chi connectivity index (χ4n) is 3.28. The number of likely N-dealkylation sites (tertiary alicyclic amines) is 1. The molecule has 1 aliphatic heterocycles. The highest BCUT2D eigenvalue weighted by Gasteiger charge is 2.27.